The van der Waals surface area contributed by atoms with E-state index in [1.807, 2.05) is 6.07 Å². The Bertz CT molecular complexity index is 345. The van der Waals surface area contributed by atoms with Gasteiger partial charge in [0.15, 0.2) is 0 Å². The van der Waals surface area contributed by atoms with Crippen LogP contribution < -0.4 is 5.32 Å². The molecule has 18 heavy (non-hydrogen) atoms. The highest BCUT2D eigenvalue weighted by molar-refractivity contribution is 7.09. The van der Waals surface area contributed by atoms with Crippen LogP contribution in [-0.4, -0.2) is 37.0 Å². The molecule has 1 aromatic rings. The van der Waals surface area contributed by atoms with Crippen LogP contribution in [0.2, 0.25) is 0 Å². The fourth-order valence-corrected chi connectivity index (χ4v) is 3.03. The Morgan fingerprint density at radius 2 is 2.17 bits per heavy atom. The summed E-state index contributed by atoms with van der Waals surface area (Å²) in [4.78, 5) is 15.4. The molecule has 4 heteroatoms. The topological polar surface area (TPSA) is 32.3 Å². The van der Waals surface area contributed by atoms with Gasteiger partial charge in [-0.25, -0.2) is 0 Å². The summed E-state index contributed by atoms with van der Waals surface area (Å²) < 4.78 is 0. The number of carbonyl (C=O) groups is 1. The van der Waals surface area contributed by atoms with Gasteiger partial charge in [-0.15, -0.1) is 11.3 Å². The molecule has 100 valence electrons. The Hall–Kier alpha value is -0.870. The van der Waals surface area contributed by atoms with Gasteiger partial charge >= 0.3 is 0 Å². The molecule has 0 radical (unpaired) electrons. The van der Waals surface area contributed by atoms with Crippen molar-refractivity contribution in [3.63, 3.8) is 0 Å². The van der Waals surface area contributed by atoms with Gasteiger partial charge in [0.1, 0.15) is 0 Å². The van der Waals surface area contributed by atoms with Crippen LogP contribution >= 0.6 is 11.3 Å². The molecule has 0 atom stereocenters. The molecule has 1 N–H and O–H groups in total. The number of piperidine rings is 1. The lowest BCUT2D eigenvalue weighted by atomic mass is 10.1. The normalized spacial score (nSPS) is 16.7. The quantitative estimate of drug-likeness (QED) is 0.857. The number of rotatable bonds is 6. The molecule has 1 aliphatic heterocycles. The van der Waals surface area contributed by atoms with Crippen LogP contribution in [0.5, 0.6) is 0 Å². The van der Waals surface area contributed by atoms with Crippen molar-refractivity contribution in [1.29, 1.82) is 0 Å². The van der Waals surface area contributed by atoms with Crippen molar-refractivity contribution in [2.45, 2.75) is 32.1 Å². The van der Waals surface area contributed by atoms with Gasteiger partial charge in [-0.05, 0) is 43.8 Å². The number of likely N-dealkylation sites (tertiary alicyclic amines) is 1. The first-order chi connectivity index (χ1) is 8.84. The maximum Gasteiger partial charge on any atom is 0.220 e. The molecule has 1 fully saturated rings. The van der Waals surface area contributed by atoms with E-state index in [1.165, 1.54) is 37.2 Å². The monoisotopic (exact) mass is 266 g/mol. The summed E-state index contributed by atoms with van der Waals surface area (Å²) in [6.07, 6.45) is 5.47. The molecule has 1 saturated heterocycles. The number of aryl methyl sites for hydroxylation is 1. The van der Waals surface area contributed by atoms with Crippen molar-refractivity contribution < 1.29 is 4.79 Å². The molecule has 0 bridgehead atoms. The lowest BCUT2D eigenvalue weighted by Crippen LogP contribution is -2.37. The summed E-state index contributed by atoms with van der Waals surface area (Å²) in [5, 5.41) is 5.08. The largest absolute Gasteiger partial charge is 0.355 e. The minimum atomic E-state index is 0.181. The third-order valence-electron chi connectivity index (χ3n) is 3.38. The van der Waals surface area contributed by atoms with Gasteiger partial charge in [0.2, 0.25) is 5.91 Å². The van der Waals surface area contributed by atoms with Gasteiger partial charge in [0.25, 0.3) is 0 Å². The number of hydrogen-bond acceptors (Lipinski definition) is 3. The molecule has 2 rings (SSSR count). The third-order valence-corrected chi connectivity index (χ3v) is 4.31. The first-order valence-electron chi connectivity index (χ1n) is 6.86. The van der Waals surface area contributed by atoms with Crippen molar-refractivity contribution in [2.24, 2.45) is 0 Å². The van der Waals surface area contributed by atoms with Gasteiger partial charge in [-0.1, -0.05) is 12.5 Å². The molecule has 3 nitrogen and oxygen atoms in total. The van der Waals surface area contributed by atoms with Crippen molar-refractivity contribution in [2.75, 3.05) is 26.2 Å². The van der Waals surface area contributed by atoms with Crippen LogP contribution in [0.15, 0.2) is 17.5 Å². The smallest absolute Gasteiger partial charge is 0.220 e. The van der Waals surface area contributed by atoms with Crippen LogP contribution in [-0.2, 0) is 11.2 Å². The maximum atomic E-state index is 11.7. The molecule has 0 unspecified atom stereocenters. The third kappa shape index (κ3) is 4.78. The highest BCUT2D eigenvalue weighted by Crippen LogP contribution is 2.10. The van der Waals surface area contributed by atoms with E-state index in [4.69, 9.17) is 0 Å². The van der Waals surface area contributed by atoms with Gasteiger partial charge in [-0.2, -0.15) is 0 Å². The summed E-state index contributed by atoms with van der Waals surface area (Å²) in [7, 11) is 0. The predicted octanol–water partition coefficient (Wildman–Crippen LogP) is 2.28. The van der Waals surface area contributed by atoms with E-state index >= 15 is 0 Å². The molecular formula is C14H22N2OS. The molecule has 1 aliphatic rings. The molecule has 1 aromatic heterocycles. The van der Waals surface area contributed by atoms with E-state index in [9.17, 15) is 4.79 Å². The molecule has 0 aliphatic carbocycles. The SMILES string of the molecule is O=C(CCc1cccs1)NCCN1CCCCC1. The van der Waals surface area contributed by atoms with E-state index in [-0.39, 0.29) is 5.91 Å². The van der Waals surface area contributed by atoms with Crippen LogP contribution in [0.3, 0.4) is 0 Å². The second kappa shape index (κ2) is 7.54. The zero-order valence-corrected chi connectivity index (χ0v) is 11.7. The summed E-state index contributed by atoms with van der Waals surface area (Å²) in [6, 6.07) is 4.12. The predicted molar refractivity (Wildman–Crippen MR) is 75.9 cm³/mol. The summed E-state index contributed by atoms with van der Waals surface area (Å²) in [6.45, 7) is 4.20. The minimum Gasteiger partial charge on any atom is -0.355 e. The van der Waals surface area contributed by atoms with Gasteiger partial charge < -0.3 is 10.2 Å². The first-order valence-corrected chi connectivity index (χ1v) is 7.74. The zero-order valence-electron chi connectivity index (χ0n) is 10.9. The Labute approximate surface area is 113 Å². The number of amides is 1. The zero-order chi connectivity index (χ0) is 12.6. The molecule has 0 spiro atoms. The Morgan fingerprint density at radius 1 is 1.33 bits per heavy atom. The van der Waals surface area contributed by atoms with E-state index in [0.29, 0.717) is 6.42 Å². The minimum absolute atomic E-state index is 0.181. The number of thiophene rings is 1. The number of carbonyl (C=O) groups excluding carboxylic acids is 1. The highest BCUT2D eigenvalue weighted by atomic mass is 32.1. The van der Waals surface area contributed by atoms with Gasteiger partial charge in [0, 0.05) is 24.4 Å². The average molecular weight is 266 g/mol. The fourth-order valence-electron chi connectivity index (χ4n) is 2.32. The average Bonchev–Trinajstić information content (AvgIpc) is 2.91. The van der Waals surface area contributed by atoms with Gasteiger partial charge in [-0.3, -0.25) is 4.79 Å². The lowest BCUT2D eigenvalue weighted by Gasteiger charge is -2.26. The summed E-state index contributed by atoms with van der Waals surface area (Å²) >= 11 is 1.72. The molecular weight excluding hydrogens is 244 g/mol. The Kier molecular flexibility index (Phi) is 5.68. The second-order valence-electron chi connectivity index (χ2n) is 4.83. The standard InChI is InChI=1S/C14H22N2OS/c17-14(7-6-13-5-4-12-18-13)15-8-11-16-9-2-1-3-10-16/h4-5,12H,1-3,6-11H2,(H,15,17). The van der Waals surface area contributed by atoms with Gasteiger partial charge in [0.05, 0.1) is 0 Å². The fraction of sp³-hybridized carbons (Fsp3) is 0.643. The van der Waals surface area contributed by atoms with Crippen molar-refractivity contribution in [3.05, 3.63) is 22.4 Å². The van der Waals surface area contributed by atoms with Crippen molar-refractivity contribution in [1.82, 2.24) is 10.2 Å². The Balaban J connectivity index is 1.54. The summed E-state index contributed by atoms with van der Waals surface area (Å²) in [5.74, 6) is 0.181. The number of nitrogens with one attached hydrogen (secondary N) is 1. The van der Waals surface area contributed by atoms with E-state index in [2.05, 4.69) is 21.7 Å². The van der Waals surface area contributed by atoms with Crippen molar-refractivity contribution in [3.8, 4) is 0 Å². The van der Waals surface area contributed by atoms with Crippen LogP contribution in [0, 0.1) is 0 Å². The van der Waals surface area contributed by atoms with Crippen LogP contribution in [0.25, 0.3) is 0 Å². The highest BCUT2D eigenvalue weighted by Gasteiger charge is 2.09. The molecule has 2 heterocycles. The van der Waals surface area contributed by atoms with Crippen LogP contribution in [0.4, 0.5) is 0 Å². The lowest BCUT2D eigenvalue weighted by molar-refractivity contribution is -0.121. The Morgan fingerprint density at radius 3 is 2.89 bits per heavy atom. The number of nitrogens with zero attached hydrogens (tertiary/aromatic N) is 1. The number of hydrogen-bond donors (Lipinski definition) is 1. The summed E-state index contributed by atoms with van der Waals surface area (Å²) in [5.41, 5.74) is 0. The first kappa shape index (κ1) is 13.6. The van der Waals surface area contributed by atoms with Crippen molar-refractivity contribution >= 4 is 17.2 Å². The molecule has 1 amide bonds. The van der Waals surface area contributed by atoms with E-state index in [1.54, 1.807) is 11.3 Å². The maximum absolute atomic E-state index is 11.7. The second-order valence-corrected chi connectivity index (χ2v) is 5.86. The van der Waals surface area contributed by atoms with E-state index < -0.39 is 0 Å². The molecule has 0 saturated carbocycles. The van der Waals surface area contributed by atoms with Crippen LogP contribution in [0.1, 0.15) is 30.6 Å². The van der Waals surface area contributed by atoms with E-state index in [0.717, 1.165) is 19.5 Å². The molecule has 0 aromatic carbocycles.